The predicted octanol–water partition coefficient (Wildman–Crippen LogP) is 5.48. The number of aromatic nitrogens is 1. The lowest BCUT2D eigenvalue weighted by Crippen LogP contribution is -2.26. The SMILES string of the molecule is Cc1ccc(CC(=O)C2(c3ccc4c(c3)OC(F)(F)O4)CC2)nc1-c1cccc(OC[C@H](C)CO)c1.[HH]. The number of alkyl halides is 2. The molecule has 0 radical (unpaired) electrons. The van der Waals surface area contributed by atoms with Crippen molar-refractivity contribution in [3.05, 3.63) is 71.4 Å². The van der Waals surface area contributed by atoms with Crippen molar-refractivity contribution in [2.75, 3.05) is 13.2 Å². The molecule has 1 saturated carbocycles. The fraction of sp³-hybridized carbons (Fsp3) is 0.357. The van der Waals surface area contributed by atoms with Crippen LogP contribution in [-0.2, 0) is 16.6 Å². The van der Waals surface area contributed by atoms with Crippen molar-refractivity contribution >= 4 is 5.78 Å². The predicted molar refractivity (Wildman–Crippen MR) is 131 cm³/mol. The molecule has 5 rings (SSSR count). The summed E-state index contributed by atoms with van der Waals surface area (Å²) in [4.78, 5) is 18.2. The minimum Gasteiger partial charge on any atom is -0.493 e. The lowest BCUT2D eigenvalue weighted by molar-refractivity contribution is -0.286. The number of pyridine rings is 1. The van der Waals surface area contributed by atoms with E-state index in [-0.39, 0.29) is 37.7 Å². The maximum absolute atomic E-state index is 13.4. The minimum absolute atomic E-state index is 0. The van der Waals surface area contributed by atoms with Crippen LogP contribution in [0.5, 0.6) is 17.2 Å². The third kappa shape index (κ3) is 4.78. The highest BCUT2D eigenvalue weighted by atomic mass is 19.3. The quantitative estimate of drug-likeness (QED) is 0.422. The molecule has 36 heavy (non-hydrogen) atoms. The van der Waals surface area contributed by atoms with Gasteiger partial charge in [-0.25, -0.2) is 0 Å². The summed E-state index contributed by atoms with van der Waals surface area (Å²) in [6.45, 7) is 4.32. The molecule has 1 aliphatic heterocycles. The molecule has 1 fully saturated rings. The summed E-state index contributed by atoms with van der Waals surface area (Å²) in [5.74, 6) is 0.613. The summed E-state index contributed by atoms with van der Waals surface area (Å²) in [6.07, 6.45) is -2.27. The van der Waals surface area contributed by atoms with Crippen LogP contribution in [-0.4, -0.2) is 35.4 Å². The lowest BCUT2D eigenvalue weighted by atomic mass is 9.88. The van der Waals surface area contributed by atoms with Crippen molar-refractivity contribution < 1.29 is 34.3 Å². The number of Topliss-reactive ketones (excluding diaryl/α,β-unsaturated/α-hetero) is 1. The van der Waals surface area contributed by atoms with Gasteiger partial charge in [-0.15, -0.1) is 8.78 Å². The second-order valence-electron chi connectivity index (χ2n) is 9.61. The highest BCUT2D eigenvalue weighted by Gasteiger charge is 2.52. The average molecular weight is 498 g/mol. The van der Waals surface area contributed by atoms with Gasteiger partial charge >= 0.3 is 6.29 Å². The van der Waals surface area contributed by atoms with Gasteiger partial charge in [0.2, 0.25) is 0 Å². The van der Waals surface area contributed by atoms with Crippen LogP contribution >= 0.6 is 0 Å². The van der Waals surface area contributed by atoms with Crippen LogP contribution < -0.4 is 14.2 Å². The zero-order valence-corrected chi connectivity index (χ0v) is 20.1. The molecule has 1 N–H and O–H groups in total. The average Bonchev–Trinajstić information content (AvgIpc) is 3.61. The first-order chi connectivity index (χ1) is 17.2. The van der Waals surface area contributed by atoms with Crippen molar-refractivity contribution in [3.63, 3.8) is 0 Å². The van der Waals surface area contributed by atoms with Crippen molar-refractivity contribution in [1.29, 1.82) is 0 Å². The largest absolute Gasteiger partial charge is 0.586 e. The van der Waals surface area contributed by atoms with E-state index in [2.05, 4.69) is 9.47 Å². The fourth-order valence-electron chi connectivity index (χ4n) is 4.42. The number of aliphatic hydroxyl groups excluding tert-OH is 1. The Morgan fingerprint density at radius 2 is 1.92 bits per heavy atom. The second kappa shape index (κ2) is 9.17. The van der Waals surface area contributed by atoms with E-state index in [1.165, 1.54) is 12.1 Å². The zero-order chi connectivity index (χ0) is 25.5. The molecule has 1 aliphatic carbocycles. The Bertz CT molecular complexity index is 1310. The highest BCUT2D eigenvalue weighted by Crippen LogP contribution is 2.52. The Hall–Kier alpha value is -3.52. The number of ether oxygens (including phenoxy) is 3. The third-order valence-electron chi connectivity index (χ3n) is 6.69. The van der Waals surface area contributed by atoms with Crippen LogP contribution in [0.15, 0.2) is 54.6 Å². The van der Waals surface area contributed by atoms with Crippen molar-refractivity contribution in [3.8, 4) is 28.5 Å². The normalized spacial score (nSPS) is 17.5. The van der Waals surface area contributed by atoms with Crippen molar-refractivity contribution in [2.24, 2.45) is 5.92 Å². The summed E-state index contributed by atoms with van der Waals surface area (Å²) < 4.78 is 41.7. The molecular weight excluding hydrogens is 468 g/mol. The molecular formula is C28H29F2NO5. The topological polar surface area (TPSA) is 77.9 Å². The maximum atomic E-state index is 13.4. The van der Waals surface area contributed by atoms with Gasteiger partial charge in [0, 0.05) is 31.6 Å². The number of hydrogen-bond acceptors (Lipinski definition) is 6. The molecule has 6 nitrogen and oxygen atoms in total. The molecule has 1 aromatic heterocycles. The molecule has 190 valence electrons. The molecule has 3 aromatic rings. The summed E-state index contributed by atoms with van der Waals surface area (Å²) in [7, 11) is 0. The first-order valence-corrected chi connectivity index (χ1v) is 11.9. The fourth-order valence-corrected chi connectivity index (χ4v) is 4.42. The summed E-state index contributed by atoms with van der Waals surface area (Å²) in [5, 5.41) is 9.22. The van der Waals surface area contributed by atoms with Gasteiger partial charge in [0.05, 0.1) is 17.7 Å². The van der Waals surface area contributed by atoms with E-state index in [1.807, 2.05) is 50.2 Å². The third-order valence-corrected chi connectivity index (χ3v) is 6.69. The Labute approximate surface area is 209 Å². The molecule has 1 atom stereocenters. The van der Waals surface area contributed by atoms with Crippen LogP contribution in [0, 0.1) is 12.8 Å². The summed E-state index contributed by atoms with van der Waals surface area (Å²) in [6, 6.07) is 15.9. The maximum Gasteiger partial charge on any atom is 0.586 e. The van der Waals surface area contributed by atoms with Gasteiger partial charge < -0.3 is 19.3 Å². The van der Waals surface area contributed by atoms with Gasteiger partial charge in [0.1, 0.15) is 11.5 Å². The van der Waals surface area contributed by atoms with Crippen LogP contribution in [0.4, 0.5) is 8.78 Å². The molecule has 2 aliphatic rings. The van der Waals surface area contributed by atoms with E-state index in [9.17, 15) is 18.7 Å². The van der Waals surface area contributed by atoms with Gasteiger partial charge in [0.25, 0.3) is 0 Å². The monoisotopic (exact) mass is 497 g/mol. The molecule has 0 unspecified atom stereocenters. The smallest absolute Gasteiger partial charge is 0.493 e. The van der Waals surface area contributed by atoms with Crippen molar-refractivity contribution in [2.45, 2.75) is 44.8 Å². The molecule has 0 saturated heterocycles. The number of aliphatic hydroxyl groups is 1. The number of halogens is 2. The Balaban J connectivity index is 0.00000320. The Morgan fingerprint density at radius 3 is 2.67 bits per heavy atom. The van der Waals surface area contributed by atoms with Crippen LogP contribution in [0.25, 0.3) is 11.3 Å². The number of ketones is 1. The highest BCUT2D eigenvalue weighted by molar-refractivity contribution is 5.94. The van der Waals surface area contributed by atoms with Gasteiger partial charge in [-0.2, -0.15) is 0 Å². The van der Waals surface area contributed by atoms with E-state index >= 15 is 0 Å². The van der Waals surface area contributed by atoms with E-state index in [0.29, 0.717) is 36.5 Å². The molecule has 8 heteroatoms. The Kier molecular flexibility index (Phi) is 6.16. The summed E-state index contributed by atoms with van der Waals surface area (Å²) in [5.41, 5.74) is 3.16. The number of rotatable bonds is 9. The van der Waals surface area contributed by atoms with E-state index < -0.39 is 11.7 Å². The number of fused-ring (bicyclic) bond motifs is 1. The molecule has 0 spiro atoms. The molecule has 2 heterocycles. The van der Waals surface area contributed by atoms with Gasteiger partial charge in [-0.1, -0.05) is 31.2 Å². The van der Waals surface area contributed by atoms with Crippen molar-refractivity contribution in [1.82, 2.24) is 4.98 Å². The number of benzene rings is 2. The lowest BCUT2D eigenvalue weighted by Gasteiger charge is -2.16. The molecule has 0 bridgehead atoms. The summed E-state index contributed by atoms with van der Waals surface area (Å²) >= 11 is 0. The molecule has 0 amide bonds. The standard InChI is InChI=1S/C28H27F2NO5.H2/c1-17(15-32)16-34-22-5-3-4-19(12-22)26-18(2)6-8-21(31-26)14-25(33)27(10-11-27)20-7-9-23-24(13-20)36-28(29,30)35-23;/h3-9,12-13,17,32H,10-11,14-16H2,1-2H3;1H/t17-;/m1./s1. The van der Waals surface area contributed by atoms with E-state index in [4.69, 9.17) is 9.72 Å². The number of carbonyl (C=O) groups is 1. The minimum atomic E-state index is -3.69. The second-order valence-corrected chi connectivity index (χ2v) is 9.61. The molecule has 2 aromatic carbocycles. The van der Waals surface area contributed by atoms with E-state index in [0.717, 1.165) is 16.8 Å². The number of hydrogen-bond donors (Lipinski definition) is 1. The van der Waals surface area contributed by atoms with Gasteiger partial charge in [0.15, 0.2) is 11.5 Å². The van der Waals surface area contributed by atoms with Gasteiger partial charge in [-0.05, 0) is 61.2 Å². The first-order valence-electron chi connectivity index (χ1n) is 11.9. The van der Waals surface area contributed by atoms with Crippen LogP contribution in [0.3, 0.4) is 0 Å². The van der Waals surface area contributed by atoms with Gasteiger partial charge in [-0.3, -0.25) is 9.78 Å². The number of nitrogens with zero attached hydrogens (tertiary/aromatic N) is 1. The zero-order valence-electron chi connectivity index (χ0n) is 20.1. The Morgan fingerprint density at radius 1 is 1.14 bits per heavy atom. The van der Waals surface area contributed by atoms with Crippen LogP contribution in [0.1, 0.15) is 38.0 Å². The van der Waals surface area contributed by atoms with Crippen LogP contribution in [0.2, 0.25) is 0 Å². The number of aryl methyl sites for hydroxylation is 1. The first kappa shape index (κ1) is 24.2. The van der Waals surface area contributed by atoms with E-state index in [1.54, 1.807) is 6.07 Å². The number of carbonyl (C=O) groups excluding carboxylic acids is 1.